The number of hydrogen-bond donors (Lipinski definition) is 1. The van der Waals surface area contributed by atoms with E-state index in [9.17, 15) is 9.59 Å². The predicted molar refractivity (Wildman–Crippen MR) is 123 cm³/mol. The number of rotatable bonds is 6. The number of likely N-dealkylation sites (tertiary alicyclic amines) is 1. The van der Waals surface area contributed by atoms with Crippen molar-refractivity contribution in [1.29, 1.82) is 0 Å². The maximum absolute atomic E-state index is 12.5. The van der Waals surface area contributed by atoms with Crippen LogP contribution in [0.15, 0.2) is 45.8 Å². The van der Waals surface area contributed by atoms with Crippen LogP contribution in [-0.4, -0.2) is 47.2 Å². The van der Waals surface area contributed by atoms with Crippen LogP contribution in [0.1, 0.15) is 49.0 Å². The maximum Gasteiger partial charge on any atom is 0.407 e. The summed E-state index contributed by atoms with van der Waals surface area (Å²) in [5.41, 5.74) is 2.95. The molecule has 33 heavy (non-hydrogen) atoms. The maximum atomic E-state index is 12.5. The third-order valence-electron chi connectivity index (χ3n) is 7.76. The van der Waals surface area contributed by atoms with Crippen molar-refractivity contribution in [2.45, 2.75) is 51.6 Å². The average molecular weight is 453 g/mol. The first kappa shape index (κ1) is 22.0. The monoisotopic (exact) mass is 452 g/mol. The van der Waals surface area contributed by atoms with Gasteiger partial charge in [0.15, 0.2) is 0 Å². The highest BCUT2D eigenvalue weighted by Crippen LogP contribution is 2.53. The highest BCUT2D eigenvalue weighted by Gasteiger charge is 2.45. The lowest BCUT2D eigenvalue weighted by Crippen LogP contribution is -2.48. The van der Waals surface area contributed by atoms with Crippen LogP contribution in [0, 0.1) is 11.3 Å². The molecule has 1 saturated heterocycles. The summed E-state index contributed by atoms with van der Waals surface area (Å²) in [4.78, 5) is 27.4. The van der Waals surface area contributed by atoms with Crippen molar-refractivity contribution in [3.8, 4) is 5.75 Å². The van der Waals surface area contributed by atoms with E-state index in [1.807, 2.05) is 0 Å². The Hall–Kier alpha value is -2.80. The zero-order valence-electron chi connectivity index (χ0n) is 19.0. The summed E-state index contributed by atoms with van der Waals surface area (Å²) in [5, 5.41) is 9.11. The van der Waals surface area contributed by atoms with Gasteiger partial charge in [-0.1, -0.05) is 24.3 Å². The molecule has 176 valence electrons. The van der Waals surface area contributed by atoms with E-state index < -0.39 is 6.09 Å². The van der Waals surface area contributed by atoms with Gasteiger partial charge in [0.25, 0.3) is 0 Å². The Labute approximate surface area is 194 Å². The first-order valence-corrected chi connectivity index (χ1v) is 12.0. The molecule has 0 atom stereocenters. The Kier molecular flexibility index (Phi) is 6.15. The fraction of sp³-hybridized carbons (Fsp3) is 0.538. The first-order chi connectivity index (χ1) is 16.0. The number of amides is 1. The molecule has 7 heteroatoms. The van der Waals surface area contributed by atoms with Crippen LogP contribution in [0.5, 0.6) is 5.75 Å². The molecule has 3 aliphatic rings. The number of benzene rings is 1. The molecule has 7 nitrogen and oxygen atoms in total. The van der Waals surface area contributed by atoms with Gasteiger partial charge in [0.05, 0.1) is 13.2 Å². The molecule has 0 bridgehead atoms. The van der Waals surface area contributed by atoms with Crippen molar-refractivity contribution in [3.63, 3.8) is 0 Å². The van der Waals surface area contributed by atoms with Gasteiger partial charge in [0.1, 0.15) is 12.0 Å². The molecule has 1 amide bonds. The molecule has 2 aromatic rings. The van der Waals surface area contributed by atoms with Crippen LogP contribution in [0.2, 0.25) is 0 Å². The van der Waals surface area contributed by atoms with E-state index in [4.69, 9.17) is 14.3 Å². The van der Waals surface area contributed by atoms with Crippen LogP contribution in [-0.2, 0) is 19.5 Å². The first-order valence-electron chi connectivity index (χ1n) is 12.0. The van der Waals surface area contributed by atoms with Gasteiger partial charge in [-0.2, -0.15) is 0 Å². The number of ether oxygens (including phenoxy) is 1. The van der Waals surface area contributed by atoms with Gasteiger partial charge in [0, 0.05) is 32.2 Å². The van der Waals surface area contributed by atoms with E-state index in [2.05, 4.69) is 29.2 Å². The predicted octanol–water partition coefficient (Wildman–Crippen LogP) is 4.14. The van der Waals surface area contributed by atoms with Crippen LogP contribution >= 0.6 is 0 Å². The van der Waals surface area contributed by atoms with Crippen LogP contribution in [0.4, 0.5) is 4.79 Å². The molecule has 1 saturated carbocycles. The summed E-state index contributed by atoms with van der Waals surface area (Å²) in [5.74, 6) is 1.54. The Bertz CT molecular complexity index is 1050. The summed E-state index contributed by atoms with van der Waals surface area (Å²) in [6, 6.07) is 10.1. The lowest BCUT2D eigenvalue weighted by atomic mass is 9.57. The molecular formula is C26H32N2O5. The number of hydrogen-bond acceptors (Lipinski definition) is 5. The Morgan fingerprint density at radius 1 is 1.15 bits per heavy atom. The van der Waals surface area contributed by atoms with E-state index in [1.54, 1.807) is 6.07 Å². The minimum Gasteiger partial charge on any atom is -0.487 e. The largest absolute Gasteiger partial charge is 0.487 e. The highest BCUT2D eigenvalue weighted by molar-refractivity contribution is 5.65. The smallest absolute Gasteiger partial charge is 0.407 e. The van der Waals surface area contributed by atoms with Gasteiger partial charge in [-0.3, -0.25) is 9.69 Å². The molecule has 0 radical (unpaired) electrons. The zero-order chi connectivity index (χ0) is 22.8. The van der Waals surface area contributed by atoms with Crippen molar-refractivity contribution in [2.24, 2.45) is 11.3 Å². The summed E-state index contributed by atoms with van der Waals surface area (Å²) in [6.45, 7) is 4.25. The number of piperidine rings is 1. The van der Waals surface area contributed by atoms with E-state index in [1.165, 1.54) is 22.3 Å². The molecule has 1 aromatic heterocycles. The van der Waals surface area contributed by atoms with Crippen molar-refractivity contribution < 1.29 is 19.1 Å². The molecule has 1 N–H and O–H groups in total. The second-order valence-electron chi connectivity index (χ2n) is 9.99. The van der Waals surface area contributed by atoms with Gasteiger partial charge in [0.2, 0.25) is 11.2 Å². The standard InChI is InChI=1S/C26H32N2O5/c29-23-13-22(17-27-9-5-20-3-1-2-4-21(20)16-27)33-18-24(23)32-12-6-19-14-26(15-19)7-10-28(11-8-26)25(30)31/h1-4,13,18-19H,5-12,14-17H2,(H,30,31). The molecule has 1 spiro atoms. The molecule has 3 heterocycles. The second kappa shape index (κ2) is 9.21. The Morgan fingerprint density at radius 2 is 1.91 bits per heavy atom. The summed E-state index contributed by atoms with van der Waals surface area (Å²) >= 11 is 0. The number of nitrogens with zero attached hydrogens (tertiary/aromatic N) is 2. The van der Waals surface area contributed by atoms with Gasteiger partial charge in [-0.15, -0.1) is 0 Å². The van der Waals surface area contributed by atoms with Gasteiger partial charge in [-0.25, -0.2) is 4.79 Å². The molecule has 2 fully saturated rings. The van der Waals surface area contributed by atoms with E-state index in [0.29, 0.717) is 43.3 Å². The van der Waals surface area contributed by atoms with Crippen LogP contribution < -0.4 is 10.2 Å². The van der Waals surface area contributed by atoms with Crippen molar-refractivity contribution in [2.75, 3.05) is 26.2 Å². The fourth-order valence-electron chi connectivity index (χ4n) is 5.82. The van der Waals surface area contributed by atoms with E-state index >= 15 is 0 Å². The van der Waals surface area contributed by atoms with Gasteiger partial charge in [-0.05, 0) is 61.0 Å². The van der Waals surface area contributed by atoms with Crippen molar-refractivity contribution >= 4 is 6.09 Å². The van der Waals surface area contributed by atoms with Crippen LogP contribution in [0.25, 0.3) is 0 Å². The number of carboxylic acid groups (broad SMARTS) is 1. The summed E-state index contributed by atoms with van der Waals surface area (Å²) < 4.78 is 11.5. The quantitative estimate of drug-likeness (QED) is 0.709. The van der Waals surface area contributed by atoms with Gasteiger partial charge >= 0.3 is 6.09 Å². The third-order valence-corrected chi connectivity index (χ3v) is 7.76. The molecule has 0 unspecified atom stereocenters. The van der Waals surface area contributed by atoms with Crippen molar-refractivity contribution in [1.82, 2.24) is 9.80 Å². The SMILES string of the molecule is O=C(O)N1CCC2(CC1)CC(CCOc1coc(CN3CCc4ccccc4C3)cc1=O)C2. The zero-order valence-corrected chi connectivity index (χ0v) is 19.0. The topological polar surface area (TPSA) is 83.2 Å². The third kappa shape index (κ3) is 4.93. The minimum absolute atomic E-state index is 0.125. The lowest BCUT2D eigenvalue weighted by Gasteiger charge is -2.52. The highest BCUT2D eigenvalue weighted by atomic mass is 16.5. The minimum atomic E-state index is -0.805. The summed E-state index contributed by atoms with van der Waals surface area (Å²) in [7, 11) is 0. The second-order valence-corrected chi connectivity index (χ2v) is 9.99. The summed E-state index contributed by atoms with van der Waals surface area (Å²) in [6.07, 6.45) is 6.78. The number of carbonyl (C=O) groups is 1. The van der Waals surface area contributed by atoms with Gasteiger partial charge < -0.3 is 19.2 Å². The Balaban J connectivity index is 1.06. The average Bonchev–Trinajstić information content (AvgIpc) is 2.79. The lowest BCUT2D eigenvalue weighted by molar-refractivity contribution is -0.0159. The molecule has 2 aliphatic heterocycles. The Morgan fingerprint density at radius 3 is 2.64 bits per heavy atom. The van der Waals surface area contributed by atoms with E-state index in [-0.39, 0.29) is 11.2 Å². The molecular weight excluding hydrogens is 420 g/mol. The molecule has 1 aliphatic carbocycles. The normalized spacial score (nSPS) is 20.3. The molecule has 5 rings (SSSR count). The molecule has 1 aromatic carbocycles. The fourth-order valence-corrected chi connectivity index (χ4v) is 5.82. The van der Waals surface area contributed by atoms with Crippen molar-refractivity contribution in [3.05, 3.63) is 63.7 Å². The number of fused-ring (bicyclic) bond motifs is 1. The van der Waals surface area contributed by atoms with Crippen LogP contribution in [0.3, 0.4) is 0 Å². The van der Waals surface area contributed by atoms with E-state index in [0.717, 1.165) is 51.6 Å².